The molecule has 3 heteroatoms. The van der Waals surface area contributed by atoms with Crippen LogP contribution in [0.1, 0.15) is 56.7 Å². The summed E-state index contributed by atoms with van der Waals surface area (Å²) in [6.07, 6.45) is 1.34. The summed E-state index contributed by atoms with van der Waals surface area (Å²) < 4.78 is 6.00. The minimum atomic E-state index is -0.520. The van der Waals surface area contributed by atoms with E-state index in [-0.39, 0.29) is 11.9 Å². The van der Waals surface area contributed by atoms with E-state index in [4.69, 9.17) is 4.74 Å². The number of nitrogens with one attached hydrogen (secondary N) is 1. The molecule has 0 aliphatic heterocycles. The Morgan fingerprint density at radius 3 is 2.38 bits per heavy atom. The molecule has 2 aromatic rings. The molecule has 2 rings (SSSR count). The second-order valence-corrected chi connectivity index (χ2v) is 7.39. The number of aryl methyl sites for hydroxylation is 2. The SMILES string of the molecule is Cc1ccc(C(C)C)c(O[C@@H](C)C(=O)N[C@@H](C)CCc2ccccc2)c1. The second kappa shape index (κ2) is 9.42. The van der Waals surface area contributed by atoms with Gasteiger partial charge in [0.15, 0.2) is 6.10 Å². The van der Waals surface area contributed by atoms with Gasteiger partial charge in [-0.05, 0) is 62.3 Å². The Hall–Kier alpha value is -2.29. The van der Waals surface area contributed by atoms with E-state index in [9.17, 15) is 4.79 Å². The predicted molar refractivity (Wildman–Crippen MR) is 108 cm³/mol. The number of carbonyl (C=O) groups excluding carboxylic acids is 1. The van der Waals surface area contributed by atoms with Gasteiger partial charge in [0, 0.05) is 6.04 Å². The summed E-state index contributed by atoms with van der Waals surface area (Å²) in [5.41, 5.74) is 3.56. The molecule has 0 fully saturated rings. The van der Waals surface area contributed by atoms with Crippen LogP contribution in [-0.2, 0) is 11.2 Å². The highest BCUT2D eigenvalue weighted by Gasteiger charge is 2.19. The van der Waals surface area contributed by atoms with Crippen molar-refractivity contribution in [2.75, 3.05) is 0 Å². The molecule has 140 valence electrons. The van der Waals surface area contributed by atoms with Crippen LogP contribution < -0.4 is 10.1 Å². The number of benzene rings is 2. The molecule has 0 heterocycles. The molecule has 1 amide bonds. The molecule has 0 bridgehead atoms. The van der Waals surface area contributed by atoms with Crippen LogP contribution in [0.4, 0.5) is 0 Å². The third-order valence-electron chi connectivity index (χ3n) is 4.56. The van der Waals surface area contributed by atoms with Gasteiger partial charge in [-0.15, -0.1) is 0 Å². The third kappa shape index (κ3) is 5.91. The molecule has 0 aliphatic rings. The fraction of sp³-hybridized carbons (Fsp3) is 0.435. The number of hydrogen-bond acceptors (Lipinski definition) is 2. The zero-order valence-corrected chi connectivity index (χ0v) is 16.6. The lowest BCUT2D eigenvalue weighted by atomic mass is 10.0. The summed E-state index contributed by atoms with van der Waals surface area (Å²) in [5.74, 6) is 1.09. The van der Waals surface area contributed by atoms with Crippen LogP contribution in [0.25, 0.3) is 0 Å². The average Bonchev–Trinajstić information content (AvgIpc) is 2.60. The number of carbonyl (C=O) groups is 1. The Labute approximate surface area is 157 Å². The normalized spacial score (nSPS) is 13.3. The van der Waals surface area contributed by atoms with E-state index >= 15 is 0 Å². The highest BCUT2D eigenvalue weighted by atomic mass is 16.5. The molecule has 0 saturated heterocycles. The first-order valence-electron chi connectivity index (χ1n) is 9.48. The van der Waals surface area contributed by atoms with Crippen molar-refractivity contribution in [1.82, 2.24) is 5.32 Å². The van der Waals surface area contributed by atoms with Crippen molar-refractivity contribution in [3.8, 4) is 5.75 Å². The van der Waals surface area contributed by atoms with Crippen LogP contribution in [-0.4, -0.2) is 18.1 Å². The van der Waals surface area contributed by atoms with Crippen molar-refractivity contribution in [3.05, 3.63) is 65.2 Å². The van der Waals surface area contributed by atoms with Crippen molar-refractivity contribution < 1.29 is 9.53 Å². The van der Waals surface area contributed by atoms with E-state index in [0.29, 0.717) is 5.92 Å². The lowest BCUT2D eigenvalue weighted by molar-refractivity contribution is -0.127. The van der Waals surface area contributed by atoms with Gasteiger partial charge < -0.3 is 10.1 Å². The van der Waals surface area contributed by atoms with E-state index in [1.54, 1.807) is 0 Å². The number of hydrogen-bond donors (Lipinski definition) is 1. The lowest BCUT2D eigenvalue weighted by Crippen LogP contribution is -2.41. The highest BCUT2D eigenvalue weighted by Crippen LogP contribution is 2.28. The summed E-state index contributed by atoms with van der Waals surface area (Å²) in [6.45, 7) is 10.2. The van der Waals surface area contributed by atoms with Gasteiger partial charge >= 0.3 is 0 Å². The van der Waals surface area contributed by atoms with Gasteiger partial charge in [-0.3, -0.25) is 4.79 Å². The highest BCUT2D eigenvalue weighted by molar-refractivity contribution is 5.81. The Morgan fingerprint density at radius 1 is 1.04 bits per heavy atom. The van der Waals surface area contributed by atoms with Crippen LogP contribution in [0.5, 0.6) is 5.75 Å². The van der Waals surface area contributed by atoms with Gasteiger partial charge in [0.2, 0.25) is 0 Å². The molecule has 0 radical (unpaired) electrons. The van der Waals surface area contributed by atoms with Crippen LogP contribution in [0.2, 0.25) is 0 Å². The van der Waals surface area contributed by atoms with Gasteiger partial charge in [0.05, 0.1) is 0 Å². The van der Waals surface area contributed by atoms with E-state index in [2.05, 4.69) is 43.4 Å². The summed E-state index contributed by atoms with van der Waals surface area (Å²) in [5, 5.41) is 3.07. The zero-order chi connectivity index (χ0) is 19.1. The minimum Gasteiger partial charge on any atom is -0.481 e. The Morgan fingerprint density at radius 2 is 1.73 bits per heavy atom. The Kier molecular flexibility index (Phi) is 7.26. The lowest BCUT2D eigenvalue weighted by Gasteiger charge is -2.21. The molecule has 26 heavy (non-hydrogen) atoms. The smallest absolute Gasteiger partial charge is 0.260 e. The van der Waals surface area contributed by atoms with Crippen LogP contribution in [0.15, 0.2) is 48.5 Å². The first kappa shape index (κ1) is 20.0. The van der Waals surface area contributed by atoms with Crippen molar-refractivity contribution in [1.29, 1.82) is 0 Å². The maximum Gasteiger partial charge on any atom is 0.260 e. The number of ether oxygens (including phenoxy) is 1. The largest absolute Gasteiger partial charge is 0.481 e. The van der Waals surface area contributed by atoms with E-state index in [1.807, 2.05) is 45.0 Å². The summed E-state index contributed by atoms with van der Waals surface area (Å²) >= 11 is 0. The van der Waals surface area contributed by atoms with Crippen molar-refractivity contribution in [3.63, 3.8) is 0 Å². The number of rotatable bonds is 8. The monoisotopic (exact) mass is 353 g/mol. The summed E-state index contributed by atoms with van der Waals surface area (Å²) in [6, 6.07) is 16.6. The van der Waals surface area contributed by atoms with Gasteiger partial charge in [0.25, 0.3) is 5.91 Å². The third-order valence-corrected chi connectivity index (χ3v) is 4.56. The van der Waals surface area contributed by atoms with Crippen molar-refractivity contribution in [2.24, 2.45) is 0 Å². The molecule has 0 aromatic heterocycles. The predicted octanol–water partition coefficient (Wildman–Crippen LogP) is 5.02. The van der Waals surface area contributed by atoms with Gasteiger partial charge in [-0.2, -0.15) is 0 Å². The molecular formula is C23H31NO2. The van der Waals surface area contributed by atoms with Crippen LogP contribution in [0.3, 0.4) is 0 Å². The molecule has 2 aromatic carbocycles. The van der Waals surface area contributed by atoms with E-state index in [0.717, 1.165) is 29.7 Å². The molecular weight excluding hydrogens is 322 g/mol. The zero-order valence-electron chi connectivity index (χ0n) is 16.6. The fourth-order valence-electron chi connectivity index (χ4n) is 2.92. The number of amides is 1. The molecule has 0 aliphatic carbocycles. The fourth-order valence-corrected chi connectivity index (χ4v) is 2.92. The van der Waals surface area contributed by atoms with Crippen molar-refractivity contribution >= 4 is 5.91 Å². The minimum absolute atomic E-state index is 0.0678. The standard InChI is InChI=1S/C23H31NO2/c1-16(2)21-14-11-17(3)15-22(21)26-19(5)23(25)24-18(4)12-13-20-9-7-6-8-10-20/h6-11,14-16,18-19H,12-13H2,1-5H3,(H,24,25)/t18-,19-/m0/s1. The van der Waals surface area contributed by atoms with Gasteiger partial charge in [0.1, 0.15) is 5.75 Å². The van der Waals surface area contributed by atoms with Gasteiger partial charge in [-0.1, -0.05) is 56.3 Å². The Bertz CT molecular complexity index is 709. The maximum atomic E-state index is 12.5. The van der Waals surface area contributed by atoms with Crippen molar-refractivity contribution in [2.45, 2.75) is 65.5 Å². The molecule has 0 spiro atoms. The van der Waals surface area contributed by atoms with Gasteiger partial charge in [-0.25, -0.2) is 0 Å². The summed E-state index contributed by atoms with van der Waals surface area (Å²) in [7, 11) is 0. The van der Waals surface area contributed by atoms with E-state index in [1.165, 1.54) is 5.56 Å². The Balaban J connectivity index is 1.90. The topological polar surface area (TPSA) is 38.3 Å². The average molecular weight is 354 g/mol. The molecule has 1 N–H and O–H groups in total. The van der Waals surface area contributed by atoms with E-state index < -0.39 is 6.10 Å². The quantitative estimate of drug-likeness (QED) is 0.723. The first-order valence-corrected chi connectivity index (χ1v) is 9.48. The molecule has 0 saturated carbocycles. The molecule has 3 nitrogen and oxygen atoms in total. The summed E-state index contributed by atoms with van der Waals surface area (Å²) in [4.78, 5) is 12.5. The molecule has 2 atom stereocenters. The van der Waals surface area contributed by atoms with Crippen LogP contribution in [0, 0.1) is 6.92 Å². The first-order chi connectivity index (χ1) is 12.4. The maximum absolute atomic E-state index is 12.5. The van der Waals surface area contributed by atoms with Crippen LogP contribution >= 0.6 is 0 Å². The second-order valence-electron chi connectivity index (χ2n) is 7.39. The molecule has 0 unspecified atom stereocenters.